The highest BCUT2D eigenvalue weighted by atomic mass is 35.5. The average molecular weight is 328 g/mol. The van der Waals surface area contributed by atoms with Gasteiger partial charge in [-0.2, -0.15) is 0 Å². The molecule has 2 aliphatic rings. The van der Waals surface area contributed by atoms with Crippen LogP contribution in [-0.4, -0.2) is 18.1 Å². The van der Waals surface area contributed by atoms with Gasteiger partial charge < -0.3 is 10.1 Å². The first-order valence-electron chi connectivity index (χ1n) is 7.42. The molecule has 1 aliphatic heterocycles. The second-order valence-corrected chi connectivity index (χ2v) is 6.75. The summed E-state index contributed by atoms with van der Waals surface area (Å²) in [4.78, 5) is 11.5. The van der Waals surface area contributed by atoms with Gasteiger partial charge in [0.25, 0.3) is 0 Å². The molecule has 1 aromatic carbocycles. The minimum Gasteiger partial charge on any atom is -0.370 e. The minimum atomic E-state index is -0.151. The molecule has 0 spiro atoms. The summed E-state index contributed by atoms with van der Waals surface area (Å²) in [5, 5.41) is 4.35. The Hall–Kier alpha value is -0.770. The van der Waals surface area contributed by atoms with E-state index in [1.165, 1.54) is 0 Å². The molecule has 1 N–H and O–H groups in total. The van der Waals surface area contributed by atoms with Crippen molar-refractivity contribution < 1.29 is 9.53 Å². The van der Waals surface area contributed by atoms with Gasteiger partial charge in [0.2, 0.25) is 5.91 Å². The molecule has 0 unspecified atom stereocenters. The van der Waals surface area contributed by atoms with Gasteiger partial charge >= 0.3 is 0 Å². The van der Waals surface area contributed by atoms with Gasteiger partial charge in [-0.1, -0.05) is 35.7 Å². The second-order valence-electron chi connectivity index (χ2n) is 5.94. The smallest absolute Gasteiger partial charge is 0.217 e. The van der Waals surface area contributed by atoms with E-state index in [-0.39, 0.29) is 24.2 Å². The van der Waals surface area contributed by atoms with Crippen LogP contribution in [0.3, 0.4) is 0 Å². The Balaban J connectivity index is 1.88. The molecule has 1 saturated heterocycles. The third kappa shape index (κ3) is 3.05. The van der Waals surface area contributed by atoms with Gasteiger partial charge in [0.1, 0.15) is 0 Å². The Labute approximate surface area is 135 Å². The minimum absolute atomic E-state index is 0.0107. The lowest BCUT2D eigenvalue weighted by Gasteiger charge is -2.39. The van der Waals surface area contributed by atoms with E-state index in [1.807, 2.05) is 18.2 Å². The number of carbonyl (C=O) groups is 1. The highest BCUT2D eigenvalue weighted by Gasteiger charge is 2.42. The Bertz CT molecular complexity index is 529. The third-order valence-electron chi connectivity index (χ3n) is 4.54. The number of hydrogen-bond donors (Lipinski definition) is 1. The van der Waals surface area contributed by atoms with Crippen molar-refractivity contribution in [2.24, 2.45) is 5.92 Å². The molecule has 1 aromatic rings. The van der Waals surface area contributed by atoms with Crippen molar-refractivity contribution in [3.8, 4) is 0 Å². The maximum absolute atomic E-state index is 11.5. The molecule has 1 saturated carbocycles. The quantitative estimate of drug-likeness (QED) is 0.886. The van der Waals surface area contributed by atoms with Crippen molar-refractivity contribution in [1.29, 1.82) is 0 Å². The van der Waals surface area contributed by atoms with Gasteiger partial charge in [0, 0.05) is 34.5 Å². The maximum atomic E-state index is 11.5. The predicted octanol–water partition coefficient (Wildman–Crippen LogP) is 4.13. The summed E-state index contributed by atoms with van der Waals surface area (Å²) in [7, 11) is 0. The summed E-state index contributed by atoms with van der Waals surface area (Å²) in [6.45, 7) is 1.57. The summed E-state index contributed by atoms with van der Waals surface area (Å²) in [5.74, 6) is 0.419. The Kier molecular flexibility index (Phi) is 4.43. The van der Waals surface area contributed by atoms with Crippen molar-refractivity contribution in [3.63, 3.8) is 0 Å². The predicted molar refractivity (Wildman–Crippen MR) is 83.6 cm³/mol. The zero-order chi connectivity index (χ0) is 15.0. The number of halogens is 2. The first-order valence-corrected chi connectivity index (χ1v) is 8.18. The summed E-state index contributed by atoms with van der Waals surface area (Å²) in [6, 6.07) is 5.64. The van der Waals surface area contributed by atoms with Crippen LogP contribution in [0.5, 0.6) is 0 Å². The van der Waals surface area contributed by atoms with Gasteiger partial charge in [-0.25, -0.2) is 0 Å². The zero-order valence-electron chi connectivity index (χ0n) is 11.9. The fourth-order valence-electron chi connectivity index (χ4n) is 3.69. The van der Waals surface area contributed by atoms with Crippen LogP contribution in [0.15, 0.2) is 18.2 Å². The van der Waals surface area contributed by atoms with Gasteiger partial charge in [0.05, 0.1) is 12.2 Å². The van der Waals surface area contributed by atoms with Crippen LogP contribution in [0.25, 0.3) is 0 Å². The van der Waals surface area contributed by atoms with E-state index >= 15 is 0 Å². The van der Waals surface area contributed by atoms with Gasteiger partial charge in [0.15, 0.2) is 0 Å². The number of amides is 1. The highest BCUT2D eigenvalue weighted by molar-refractivity contribution is 6.36. The summed E-state index contributed by atoms with van der Waals surface area (Å²) < 4.78 is 6.25. The van der Waals surface area contributed by atoms with E-state index in [1.54, 1.807) is 6.92 Å². The monoisotopic (exact) mass is 327 g/mol. The number of nitrogens with one attached hydrogen (secondary N) is 1. The SMILES string of the molecule is CC(=O)N[C@@H]1C[C@H](c2c(Cl)cccc2Cl)O[C@@H]2CCC[C@@H]12. The number of hydrogen-bond acceptors (Lipinski definition) is 2. The Morgan fingerprint density at radius 1 is 1.29 bits per heavy atom. The highest BCUT2D eigenvalue weighted by Crippen LogP contribution is 2.45. The van der Waals surface area contributed by atoms with E-state index in [4.69, 9.17) is 27.9 Å². The van der Waals surface area contributed by atoms with Crippen molar-refractivity contribution >= 4 is 29.1 Å². The number of fused-ring (bicyclic) bond motifs is 1. The number of ether oxygens (including phenoxy) is 1. The van der Waals surface area contributed by atoms with E-state index in [0.717, 1.165) is 31.2 Å². The van der Waals surface area contributed by atoms with E-state index in [2.05, 4.69) is 5.32 Å². The molecule has 1 aliphatic carbocycles. The van der Waals surface area contributed by atoms with E-state index in [0.29, 0.717) is 16.0 Å². The molecule has 5 heteroatoms. The normalized spacial score (nSPS) is 31.8. The summed E-state index contributed by atoms with van der Waals surface area (Å²) in [6.07, 6.45) is 4.06. The van der Waals surface area contributed by atoms with Crippen molar-refractivity contribution in [1.82, 2.24) is 5.32 Å². The molecule has 4 atom stereocenters. The summed E-state index contributed by atoms with van der Waals surface area (Å²) >= 11 is 12.6. The van der Waals surface area contributed by atoms with Gasteiger partial charge in [-0.15, -0.1) is 0 Å². The van der Waals surface area contributed by atoms with Gasteiger partial charge in [-0.3, -0.25) is 4.79 Å². The molecule has 114 valence electrons. The van der Waals surface area contributed by atoms with Crippen LogP contribution in [-0.2, 0) is 9.53 Å². The van der Waals surface area contributed by atoms with E-state index < -0.39 is 0 Å². The zero-order valence-corrected chi connectivity index (χ0v) is 13.5. The molecule has 3 rings (SSSR count). The van der Waals surface area contributed by atoms with Crippen LogP contribution in [0, 0.1) is 5.92 Å². The molecule has 3 nitrogen and oxygen atoms in total. The Morgan fingerprint density at radius 2 is 2.00 bits per heavy atom. The molecule has 21 heavy (non-hydrogen) atoms. The van der Waals surface area contributed by atoms with Crippen LogP contribution in [0.1, 0.15) is 44.3 Å². The topological polar surface area (TPSA) is 38.3 Å². The average Bonchev–Trinajstić information content (AvgIpc) is 2.86. The lowest BCUT2D eigenvalue weighted by molar-refractivity contribution is -0.124. The molecule has 2 fully saturated rings. The number of rotatable bonds is 2. The van der Waals surface area contributed by atoms with Crippen molar-refractivity contribution in [2.75, 3.05) is 0 Å². The molecule has 0 bridgehead atoms. The largest absolute Gasteiger partial charge is 0.370 e. The molecular formula is C16H19Cl2NO2. The van der Waals surface area contributed by atoms with Crippen LogP contribution < -0.4 is 5.32 Å². The van der Waals surface area contributed by atoms with Crippen molar-refractivity contribution in [2.45, 2.75) is 50.9 Å². The molecule has 0 aromatic heterocycles. The lowest BCUT2D eigenvalue weighted by atomic mass is 9.86. The third-order valence-corrected chi connectivity index (χ3v) is 5.20. The first kappa shape index (κ1) is 15.1. The number of carbonyl (C=O) groups excluding carboxylic acids is 1. The summed E-state index contributed by atoms with van der Waals surface area (Å²) in [5.41, 5.74) is 0.849. The first-order chi connectivity index (χ1) is 10.1. The molecule has 0 radical (unpaired) electrons. The molecular weight excluding hydrogens is 309 g/mol. The number of benzene rings is 1. The Morgan fingerprint density at radius 3 is 2.67 bits per heavy atom. The fourth-order valence-corrected chi connectivity index (χ4v) is 4.33. The lowest BCUT2D eigenvalue weighted by Crippen LogP contribution is -2.47. The van der Waals surface area contributed by atoms with Gasteiger partial charge in [-0.05, 0) is 31.4 Å². The van der Waals surface area contributed by atoms with Crippen LogP contribution >= 0.6 is 23.2 Å². The molecule has 1 heterocycles. The van der Waals surface area contributed by atoms with Crippen LogP contribution in [0.2, 0.25) is 10.0 Å². The van der Waals surface area contributed by atoms with Crippen molar-refractivity contribution in [3.05, 3.63) is 33.8 Å². The van der Waals surface area contributed by atoms with E-state index in [9.17, 15) is 4.79 Å². The maximum Gasteiger partial charge on any atom is 0.217 e. The van der Waals surface area contributed by atoms with Crippen LogP contribution in [0.4, 0.5) is 0 Å². The molecule has 1 amide bonds. The second kappa shape index (κ2) is 6.15. The fraction of sp³-hybridized carbons (Fsp3) is 0.562. The standard InChI is InChI=1S/C16H19Cl2NO2/c1-9(20)19-13-8-15(21-14-7-2-4-10(13)14)16-11(17)5-3-6-12(16)18/h3,5-6,10,13-15H,2,4,7-8H2,1H3,(H,19,20)/t10-,13+,14+,15+/m0/s1.